The van der Waals surface area contributed by atoms with Crippen LogP contribution in [0.2, 0.25) is 0 Å². The minimum atomic E-state index is -0.466. The summed E-state index contributed by atoms with van der Waals surface area (Å²) < 4.78 is 6.42. The van der Waals surface area contributed by atoms with Gasteiger partial charge in [-0.25, -0.2) is 0 Å². The summed E-state index contributed by atoms with van der Waals surface area (Å²) in [6.45, 7) is -0.00481. The SMILES string of the molecule is O=[N+]([O-])c1cc(I)ccc1Oc1ccccc1CCO. The van der Waals surface area contributed by atoms with E-state index in [1.807, 2.05) is 34.7 Å². The molecule has 2 aromatic carbocycles. The fourth-order valence-corrected chi connectivity index (χ4v) is 2.24. The molecule has 0 fully saturated rings. The quantitative estimate of drug-likeness (QED) is 0.486. The average molecular weight is 385 g/mol. The fourth-order valence-electron chi connectivity index (χ4n) is 1.77. The normalized spacial score (nSPS) is 10.3. The Morgan fingerprint density at radius 3 is 2.65 bits per heavy atom. The van der Waals surface area contributed by atoms with E-state index in [1.165, 1.54) is 6.07 Å². The number of nitro groups is 1. The number of hydrogen-bond donors (Lipinski definition) is 1. The lowest BCUT2D eigenvalue weighted by molar-refractivity contribution is -0.385. The zero-order valence-corrected chi connectivity index (χ0v) is 12.6. The second kappa shape index (κ2) is 6.67. The first-order chi connectivity index (χ1) is 9.61. The molecule has 0 atom stereocenters. The molecule has 5 nitrogen and oxygen atoms in total. The number of nitro benzene ring substituents is 1. The van der Waals surface area contributed by atoms with Crippen LogP contribution in [0.25, 0.3) is 0 Å². The van der Waals surface area contributed by atoms with Gasteiger partial charge in [0.2, 0.25) is 5.75 Å². The standard InChI is InChI=1S/C14H12INO4/c15-11-5-6-14(12(9-11)16(18)19)20-13-4-2-1-3-10(13)7-8-17/h1-6,9,17H,7-8H2. The molecule has 0 bridgehead atoms. The molecule has 0 heterocycles. The Bertz CT molecular complexity index is 630. The second-order valence-electron chi connectivity index (χ2n) is 4.05. The van der Waals surface area contributed by atoms with Crippen LogP contribution in [0.4, 0.5) is 5.69 Å². The third-order valence-electron chi connectivity index (χ3n) is 2.69. The van der Waals surface area contributed by atoms with Crippen LogP contribution in [-0.2, 0) is 6.42 Å². The molecule has 0 aliphatic carbocycles. The summed E-state index contributed by atoms with van der Waals surface area (Å²) in [6.07, 6.45) is 0.439. The molecule has 0 saturated heterocycles. The van der Waals surface area contributed by atoms with Crippen molar-refractivity contribution >= 4 is 28.3 Å². The molecule has 2 rings (SSSR count). The maximum Gasteiger partial charge on any atom is 0.312 e. The van der Waals surface area contributed by atoms with Crippen LogP contribution in [-0.4, -0.2) is 16.6 Å². The molecular weight excluding hydrogens is 373 g/mol. The summed E-state index contributed by atoms with van der Waals surface area (Å²) in [5.74, 6) is 0.715. The highest BCUT2D eigenvalue weighted by atomic mass is 127. The zero-order valence-electron chi connectivity index (χ0n) is 10.5. The van der Waals surface area contributed by atoms with E-state index in [2.05, 4.69) is 0 Å². The molecule has 0 unspecified atom stereocenters. The number of aliphatic hydroxyl groups excluding tert-OH is 1. The summed E-state index contributed by atoms with van der Waals surface area (Å²) >= 11 is 2.01. The van der Waals surface area contributed by atoms with Gasteiger partial charge in [-0.1, -0.05) is 18.2 Å². The summed E-state index contributed by atoms with van der Waals surface area (Å²) in [5.41, 5.74) is 0.735. The summed E-state index contributed by atoms with van der Waals surface area (Å²) in [5, 5.41) is 20.1. The van der Waals surface area contributed by atoms with Gasteiger partial charge in [0.25, 0.3) is 0 Å². The lowest BCUT2D eigenvalue weighted by Crippen LogP contribution is -1.98. The maximum atomic E-state index is 11.1. The predicted molar refractivity (Wildman–Crippen MR) is 83.1 cm³/mol. The highest BCUT2D eigenvalue weighted by molar-refractivity contribution is 14.1. The number of para-hydroxylation sites is 1. The van der Waals surface area contributed by atoms with Gasteiger partial charge in [-0.15, -0.1) is 0 Å². The molecule has 1 N–H and O–H groups in total. The molecule has 0 aromatic heterocycles. The van der Waals surface area contributed by atoms with Crippen LogP contribution in [0.15, 0.2) is 42.5 Å². The number of rotatable bonds is 5. The van der Waals surface area contributed by atoms with Gasteiger partial charge in [-0.3, -0.25) is 10.1 Å². The van der Waals surface area contributed by atoms with Gasteiger partial charge in [0, 0.05) is 16.2 Å². The zero-order chi connectivity index (χ0) is 14.5. The Hall–Kier alpha value is -1.67. The number of benzene rings is 2. The molecule has 0 aliphatic heterocycles. The maximum absolute atomic E-state index is 11.1. The molecule has 0 saturated carbocycles. The summed E-state index contributed by atoms with van der Waals surface area (Å²) in [7, 11) is 0. The van der Waals surface area contributed by atoms with E-state index in [9.17, 15) is 10.1 Å². The van der Waals surface area contributed by atoms with Gasteiger partial charge < -0.3 is 9.84 Å². The lowest BCUT2D eigenvalue weighted by atomic mass is 10.1. The van der Waals surface area contributed by atoms with E-state index >= 15 is 0 Å². The predicted octanol–water partition coefficient (Wildman–Crippen LogP) is 3.53. The summed E-state index contributed by atoms with van der Waals surface area (Å²) in [6, 6.07) is 12.0. The molecule has 104 valence electrons. The smallest absolute Gasteiger partial charge is 0.312 e. The third-order valence-corrected chi connectivity index (χ3v) is 3.36. The first kappa shape index (κ1) is 14.7. The van der Waals surface area contributed by atoms with Crippen molar-refractivity contribution in [3.8, 4) is 11.5 Å². The fraction of sp³-hybridized carbons (Fsp3) is 0.143. The molecule has 6 heteroatoms. The Morgan fingerprint density at radius 1 is 1.20 bits per heavy atom. The van der Waals surface area contributed by atoms with E-state index < -0.39 is 4.92 Å². The van der Waals surface area contributed by atoms with Crippen molar-refractivity contribution in [2.75, 3.05) is 6.61 Å². The van der Waals surface area contributed by atoms with Crippen LogP contribution >= 0.6 is 22.6 Å². The Morgan fingerprint density at radius 2 is 1.95 bits per heavy atom. The van der Waals surface area contributed by atoms with E-state index in [-0.39, 0.29) is 18.0 Å². The van der Waals surface area contributed by atoms with E-state index in [1.54, 1.807) is 24.3 Å². The Balaban J connectivity index is 2.37. The highest BCUT2D eigenvalue weighted by Gasteiger charge is 2.17. The molecule has 2 aromatic rings. The van der Waals surface area contributed by atoms with E-state index in [0.717, 1.165) is 9.13 Å². The van der Waals surface area contributed by atoms with Gasteiger partial charge >= 0.3 is 5.69 Å². The van der Waals surface area contributed by atoms with Crippen molar-refractivity contribution in [3.63, 3.8) is 0 Å². The Kier molecular flexibility index (Phi) is 4.91. The number of aliphatic hydroxyl groups is 1. The lowest BCUT2D eigenvalue weighted by Gasteiger charge is -2.10. The van der Waals surface area contributed by atoms with Crippen LogP contribution in [0.1, 0.15) is 5.56 Å². The van der Waals surface area contributed by atoms with Crippen molar-refractivity contribution in [1.82, 2.24) is 0 Å². The monoisotopic (exact) mass is 385 g/mol. The van der Waals surface area contributed by atoms with Crippen molar-refractivity contribution in [3.05, 3.63) is 61.7 Å². The number of ether oxygens (including phenoxy) is 1. The largest absolute Gasteiger partial charge is 0.450 e. The molecule has 20 heavy (non-hydrogen) atoms. The van der Waals surface area contributed by atoms with Gasteiger partial charge in [0.1, 0.15) is 5.75 Å². The first-order valence-electron chi connectivity index (χ1n) is 5.92. The van der Waals surface area contributed by atoms with Crippen LogP contribution in [0, 0.1) is 13.7 Å². The second-order valence-corrected chi connectivity index (χ2v) is 5.30. The molecule has 0 spiro atoms. The molecule has 0 radical (unpaired) electrons. The van der Waals surface area contributed by atoms with Crippen molar-refractivity contribution in [2.45, 2.75) is 6.42 Å². The van der Waals surface area contributed by atoms with Gasteiger partial charge in [-0.05, 0) is 52.8 Å². The van der Waals surface area contributed by atoms with Gasteiger partial charge in [0.15, 0.2) is 0 Å². The Labute approximate surface area is 129 Å². The highest BCUT2D eigenvalue weighted by Crippen LogP contribution is 2.34. The molecular formula is C14H12INO4. The average Bonchev–Trinajstić information content (AvgIpc) is 2.43. The molecule has 0 aliphatic rings. The van der Waals surface area contributed by atoms with Gasteiger partial charge in [0.05, 0.1) is 4.92 Å². The van der Waals surface area contributed by atoms with Crippen molar-refractivity contribution in [2.24, 2.45) is 0 Å². The molecule has 0 amide bonds. The van der Waals surface area contributed by atoms with E-state index in [0.29, 0.717) is 12.2 Å². The number of halogens is 1. The first-order valence-corrected chi connectivity index (χ1v) is 7.00. The van der Waals surface area contributed by atoms with Crippen molar-refractivity contribution < 1.29 is 14.8 Å². The minimum Gasteiger partial charge on any atom is -0.450 e. The van der Waals surface area contributed by atoms with Crippen LogP contribution in [0.5, 0.6) is 11.5 Å². The topological polar surface area (TPSA) is 72.6 Å². The van der Waals surface area contributed by atoms with Crippen LogP contribution < -0.4 is 4.74 Å². The van der Waals surface area contributed by atoms with Gasteiger partial charge in [-0.2, -0.15) is 0 Å². The minimum absolute atomic E-state index is 0.00481. The number of nitrogens with zero attached hydrogens (tertiary/aromatic N) is 1. The van der Waals surface area contributed by atoms with E-state index in [4.69, 9.17) is 9.84 Å². The summed E-state index contributed by atoms with van der Waals surface area (Å²) in [4.78, 5) is 10.6. The number of hydrogen-bond acceptors (Lipinski definition) is 4. The third kappa shape index (κ3) is 3.45. The van der Waals surface area contributed by atoms with Crippen LogP contribution in [0.3, 0.4) is 0 Å². The van der Waals surface area contributed by atoms with Crippen molar-refractivity contribution in [1.29, 1.82) is 0 Å².